The number of nitrogens with one attached hydrogen (secondary N) is 1. The number of carbonyl (C=O) groups excluding carboxylic acids is 1. The topological polar surface area (TPSA) is 93.2 Å². The number of methoxy groups -OCH3 is 1. The van der Waals surface area contributed by atoms with E-state index in [2.05, 4.69) is 30.0 Å². The van der Waals surface area contributed by atoms with Gasteiger partial charge in [-0.25, -0.2) is 10.5 Å². The molecule has 2 aliphatic rings. The third-order valence-electron chi connectivity index (χ3n) is 7.26. The van der Waals surface area contributed by atoms with Crippen molar-refractivity contribution in [1.82, 2.24) is 15.4 Å². The van der Waals surface area contributed by atoms with Crippen LogP contribution in [0.25, 0.3) is 28.5 Å². The molecule has 1 saturated heterocycles. The van der Waals surface area contributed by atoms with Gasteiger partial charge in [0.15, 0.2) is 5.75 Å². The normalized spacial score (nSPS) is 16.9. The number of allylic oxidation sites excluding steroid dienone is 1. The van der Waals surface area contributed by atoms with Crippen LogP contribution in [-0.2, 0) is 11.2 Å². The third-order valence-corrected chi connectivity index (χ3v) is 7.26. The van der Waals surface area contributed by atoms with Gasteiger partial charge in [0.25, 0.3) is 5.91 Å². The molecule has 204 valence electrons. The summed E-state index contributed by atoms with van der Waals surface area (Å²) in [6, 6.07) is 16.1. The minimum atomic E-state index is -0.603. The number of amides is 1. The average Bonchev–Trinajstić information content (AvgIpc) is 2.99. The minimum Gasteiger partial charge on any atom is -0.494 e. The van der Waals surface area contributed by atoms with E-state index in [4.69, 9.17) is 19.2 Å². The molecule has 1 aliphatic carbocycles. The van der Waals surface area contributed by atoms with E-state index in [9.17, 15) is 10.0 Å². The Labute approximate surface area is 229 Å². The van der Waals surface area contributed by atoms with E-state index in [0.29, 0.717) is 35.7 Å². The molecule has 0 radical (unpaired) electrons. The summed E-state index contributed by atoms with van der Waals surface area (Å²) in [4.78, 5) is 19.9. The summed E-state index contributed by atoms with van der Waals surface area (Å²) in [5, 5.41) is 9.43. The van der Waals surface area contributed by atoms with Crippen LogP contribution in [0.5, 0.6) is 11.5 Å². The van der Waals surface area contributed by atoms with Gasteiger partial charge >= 0.3 is 0 Å². The van der Waals surface area contributed by atoms with Crippen molar-refractivity contribution >= 4 is 12.0 Å². The number of pyridine rings is 1. The number of hydrogen-bond donors (Lipinski definition) is 2. The first-order chi connectivity index (χ1) is 19.1. The second-order valence-electron chi connectivity index (χ2n) is 9.97. The van der Waals surface area contributed by atoms with Crippen LogP contribution in [0, 0.1) is 5.92 Å². The number of hydrogen-bond acceptors (Lipinski definition) is 7. The summed E-state index contributed by atoms with van der Waals surface area (Å²) in [6.45, 7) is 7.42. The van der Waals surface area contributed by atoms with Crippen molar-refractivity contribution in [3.63, 3.8) is 0 Å². The molecular formula is C31H35N3O5. The summed E-state index contributed by atoms with van der Waals surface area (Å²) >= 11 is 0. The molecular weight excluding hydrogens is 494 g/mol. The Kier molecular flexibility index (Phi) is 8.56. The Hall–Kier alpha value is -3.72. The van der Waals surface area contributed by atoms with E-state index in [1.807, 2.05) is 42.5 Å². The van der Waals surface area contributed by atoms with E-state index in [-0.39, 0.29) is 5.92 Å². The van der Waals surface area contributed by atoms with E-state index in [0.717, 1.165) is 67.3 Å². The first-order valence-corrected chi connectivity index (χ1v) is 13.4. The van der Waals surface area contributed by atoms with Gasteiger partial charge in [-0.15, -0.1) is 0 Å². The Morgan fingerprint density at radius 2 is 1.74 bits per heavy atom. The largest absolute Gasteiger partial charge is 0.494 e. The molecule has 5 rings (SSSR count). The fraction of sp³-hybridized carbons (Fsp3) is 0.355. The number of benzene rings is 2. The molecule has 0 spiro atoms. The lowest BCUT2D eigenvalue weighted by molar-refractivity contribution is 0.0358. The molecule has 2 N–H and O–H groups in total. The van der Waals surface area contributed by atoms with Gasteiger partial charge in [-0.1, -0.05) is 49.4 Å². The standard InChI is InChI=1S/C31H35N3O5/c1-21-4-13-27-26(20-21)28(31(35)33-36)30(37-2)29(32-27)24-7-5-22(6-8-24)23-9-11-25(12-10-23)39-17-3-14-34-15-18-38-19-16-34/h4-13,21,36H,3,14-20H2,1-2H3,(H,33,35)/t21-/m1/s1. The van der Waals surface area contributed by atoms with Crippen molar-refractivity contribution in [2.75, 3.05) is 46.6 Å². The number of rotatable bonds is 9. The summed E-state index contributed by atoms with van der Waals surface area (Å²) < 4.78 is 17.0. The number of nitrogens with zero attached hydrogens (tertiary/aromatic N) is 2. The van der Waals surface area contributed by atoms with Crippen molar-refractivity contribution in [2.45, 2.75) is 19.8 Å². The molecule has 0 unspecified atom stereocenters. The second kappa shape index (κ2) is 12.4. The Morgan fingerprint density at radius 1 is 1.08 bits per heavy atom. The highest BCUT2D eigenvalue weighted by atomic mass is 16.5. The molecule has 1 amide bonds. The lowest BCUT2D eigenvalue weighted by Gasteiger charge is -2.26. The summed E-state index contributed by atoms with van der Waals surface area (Å²) in [6.07, 6.45) is 5.64. The van der Waals surface area contributed by atoms with Gasteiger partial charge in [-0.2, -0.15) is 0 Å². The van der Waals surface area contributed by atoms with Crippen LogP contribution in [0.15, 0.2) is 54.6 Å². The van der Waals surface area contributed by atoms with Gasteiger partial charge in [0.2, 0.25) is 0 Å². The molecule has 3 aromatic rings. The minimum absolute atomic E-state index is 0.256. The molecule has 1 aliphatic heterocycles. The van der Waals surface area contributed by atoms with Crippen molar-refractivity contribution in [3.05, 3.63) is 71.4 Å². The average molecular weight is 530 g/mol. The molecule has 1 atom stereocenters. The molecule has 0 saturated carbocycles. The molecule has 39 heavy (non-hydrogen) atoms. The van der Waals surface area contributed by atoms with Crippen LogP contribution in [0.4, 0.5) is 0 Å². The van der Waals surface area contributed by atoms with Gasteiger partial charge in [0.1, 0.15) is 11.4 Å². The van der Waals surface area contributed by atoms with Crippen LogP contribution in [-0.4, -0.2) is 67.6 Å². The van der Waals surface area contributed by atoms with Gasteiger partial charge in [-0.3, -0.25) is 14.9 Å². The summed E-state index contributed by atoms with van der Waals surface area (Å²) in [5.41, 5.74) is 7.09. The predicted molar refractivity (Wildman–Crippen MR) is 150 cm³/mol. The smallest absolute Gasteiger partial charge is 0.278 e. The zero-order valence-corrected chi connectivity index (χ0v) is 22.5. The molecule has 2 heterocycles. The third kappa shape index (κ3) is 6.14. The zero-order chi connectivity index (χ0) is 27.2. The molecule has 8 heteroatoms. The van der Waals surface area contributed by atoms with Crippen molar-refractivity contribution < 1.29 is 24.2 Å². The van der Waals surface area contributed by atoms with Crippen LogP contribution in [0.2, 0.25) is 0 Å². The van der Waals surface area contributed by atoms with E-state index >= 15 is 0 Å². The number of fused-ring (bicyclic) bond motifs is 1. The SMILES string of the molecule is COc1c(-c2ccc(-c3ccc(OCCCN4CCOCC4)cc3)cc2)nc2c(c1C(=O)NO)C[C@H](C)C=C2. The van der Waals surface area contributed by atoms with E-state index < -0.39 is 5.91 Å². The number of carbonyl (C=O) groups is 1. The maximum absolute atomic E-state index is 12.7. The Morgan fingerprint density at radius 3 is 2.41 bits per heavy atom. The number of ether oxygens (including phenoxy) is 3. The van der Waals surface area contributed by atoms with E-state index in [1.54, 1.807) is 5.48 Å². The molecule has 0 bridgehead atoms. The molecule has 2 aromatic carbocycles. The number of morpholine rings is 1. The Balaban J connectivity index is 1.30. The quantitative estimate of drug-likeness (QED) is 0.233. The van der Waals surface area contributed by atoms with Gasteiger partial charge in [0.05, 0.1) is 38.2 Å². The summed E-state index contributed by atoms with van der Waals surface area (Å²) in [5.74, 6) is 0.864. The van der Waals surface area contributed by atoms with Crippen LogP contribution in [0.1, 0.15) is 35.0 Å². The molecule has 1 fully saturated rings. The van der Waals surface area contributed by atoms with Crippen molar-refractivity contribution in [1.29, 1.82) is 0 Å². The highest BCUT2D eigenvalue weighted by molar-refractivity contribution is 6.01. The second-order valence-corrected chi connectivity index (χ2v) is 9.97. The number of hydroxylamine groups is 1. The van der Waals surface area contributed by atoms with Gasteiger partial charge in [0, 0.05) is 25.2 Å². The lowest BCUT2D eigenvalue weighted by Crippen LogP contribution is -2.37. The molecule has 1 aromatic heterocycles. The van der Waals surface area contributed by atoms with Crippen LogP contribution < -0.4 is 15.0 Å². The first-order valence-electron chi connectivity index (χ1n) is 13.4. The fourth-order valence-electron chi connectivity index (χ4n) is 5.17. The van der Waals surface area contributed by atoms with Crippen molar-refractivity contribution in [2.24, 2.45) is 5.92 Å². The lowest BCUT2D eigenvalue weighted by atomic mass is 9.88. The predicted octanol–water partition coefficient (Wildman–Crippen LogP) is 4.85. The van der Waals surface area contributed by atoms with Crippen molar-refractivity contribution in [3.8, 4) is 33.9 Å². The zero-order valence-electron chi connectivity index (χ0n) is 22.5. The first kappa shape index (κ1) is 26.9. The van der Waals surface area contributed by atoms with Crippen LogP contribution >= 0.6 is 0 Å². The van der Waals surface area contributed by atoms with Gasteiger partial charge < -0.3 is 14.2 Å². The maximum atomic E-state index is 12.7. The van der Waals surface area contributed by atoms with E-state index in [1.165, 1.54) is 7.11 Å². The van der Waals surface area contributed by atoms with Crippen LogP contribution in [0.3, 0.4) is 0 Å². The van der Waals surface area contributed by atoms with Gasteiger partial charge in [-0.05, 0) is 53.7 Å². The highest BCUT2D eigenvalue weighted by Crippen LogP contribution is 2.38. The Bertz CT molecular complexity index is 1320. The monoisotopic (exact) mass is 529 g/mol. The highest BCUT2D eigenvalue weighted by Gasteiger charge is 2.27. The molecule has 8 nitrogen and oxygen atoms in total. The maximum Gasteiger partial charge on any atom is 0.278 e. The number of aromatic nitrogens is 1. The fourth-order valence-corrected chi connectivity index (χ4v) is 5.17. The summed E-state index contributed by atoms with van der Waals surface area (Å²) in [7, 11) is 1.52.